The number of nitrogens with two attached hydrogens (primary N) is 1. The zero-order valence-corrected chi connectivity index (χ0v) is 10.9. The van der Waals surface area contributed by atoms with E-state index in [1.165, 1.54) is 10.2 Å². The van der Waals surface area contributed by atoms with E-state index in [2.05, 4.69) is 22.3 Å². The maximum Gasteiger partial charge on any atom is 0.214 e. The molecule has 3 aromatic rings. The lowest BCUT2D eigenvalue weighted by molar-refractivity contribution is 0.984. The quantitative estimate of drug-likeness (QED) is 0.555. The van der Waals surface area contributed by atoms with Crippen LogP contribution in [-0.4, -0.2) is 14.9 Å². The lowest BCUT2D eigenvalue weighted by Gasteiger charge is -2.04. The Morgan fingerprint density at radius 1 is 0.895 bits per heavy atom. The van der Waals surface area contributed by atoms with Gasteiger partial charge in [0.1, 0.15) is 0 Å². The summed E-state index contributed by atoms with van der Waals surface area (Å²) in [7, 11) is 0. The van der Waals surface area contributed by atoms with Crippen molar-refractivity contribution < 1.29 is 0 Å². The second-order valence-electron chi connectivity index (χ2n) is 4.17. The van der Waals surface area contributed by atoms with Gasteiger partial charge in [0, 0.05) is 5.56 Å². The van der Waals surface area contributed by atoms with Gasteiger partial charge in [-0.2, -0.15) is 5.10 Å². The molecule has 2 aromatic carbocycles. The van der Waals surface area contributed by atoms with Crippen LogP contribution in [0.5, 0.6) is 0 Å². The normalized spacial score (nSPS) is 10.5. The molecule has 1 heterocycles. The van der Waals surface area contributed by atoms with Gasteiger partial charge in [-0.1, -0.05) is 54.6 Å². The summed E-state index contributed by atoms with van der Waals surface area (Å²) in [5.41, 5.74) is 3.26. The first-order valence-corrected chi connectivity index (χ1v) is 6.25. The molecule has 0 radical (unpaired) electrons. The van der Waals surface area contributed by atoms with Crippen molar-refractivity contribution in [2.45, 2.75) is 0 Å². The summed E-state index contributed by atoms with van der Waals surface area (Å²) in [6.45, 7) is 0. The number of aromatic nitrogens is 3. The Morgan fingerprint density at radius 2 is 1.47 bits per heavy atom. The summed E-state index contributed by atoms with van der Waals surface area (Å²) in [6, 6.07) is 18.3. The van der Waals surface area contributed by atoms with Gasteiger partial charge >= 0.3 is 0 Å². The molecule has 0 atom stereocenters. The monoisotopic (exact) mass is 268 g/mol. The molecule has 0 aliphatic heterocycles. The predicted molar refractivity (Wildman–Crippen MR) is 78.4 cm³/mol. The van der Waals surface area contributed by atoms with Crippen LogP contribution in [0.1, 0.15) is 0 Å². The minimum absolute atomic E-state index is 0.405. The first-order valence-electron chi connectivity index (χ1n) is 5.84. The number of rotatable bonds is 2. The molecule has 0 saturated carbocycles. The van der Waals surface area contributed by atoms with Gasteiger partial charge in [-0.25, -0.2) is 9.77 Å². The lowest BCUT2D eigenvalue weighted by atomic mass is 10.0. The van der Waals surface area contributed by atoms with Crippen LogP contribution in [0.3, 0.4) is 0 Å². The first kappa shape index (κ1) is 11.7. The highest BCUT2D eigenvalue weighted by molar-refractivity contribution is 7.71. The van der Waals surface area contributed by atoms with E-state index in [9.17, 15) is 0 Å². The fourth-order valence-electron chi connectivity index (χ4n) is 1.95. The zero-order chi connectivity index (χ0) is 13.2. The van der Waals surface area contributed by atoms with Gasteiger partial charge in [-0.15, -0.1) is 0 Å². The third kappa shape index (κ3) is 2.15. The molecule has 1 aromatic heterocycles. The van der Waals surface area contributed by atoms with Gasteiger partial charge < -0.3 is 5.84 Å². The maximum atomic E-state index is 5.80. The molecule has 94 valence electrons. The van der Waals surface area contributed by atoms with Crippen LogP contribution in [0.25, 0.3) is 22.5 Å². The van der Waals surface area contributed by atoms with E-state index < -0.39 is 0 Å². The van der Waals surface area contributed by atoms with E-state index in [4.69, 9.17) is 18.1 Å². The van der Waals surface area contributed by atoms with Crippen LogP contribution in [0, 0.1) is 4.77 Å². The molecule has 0 saturated heterocycles. The molecule has 0 bridgehead atoms. The molecule has 3 rings (SSSR count). The van der Waals surface area contributed by atoms with Crippen molar-refractivity contribution >= 4 is 12.2 Å². The molecule has 3 N–H and O–H groups in total. The second kappa shape index (κ2) is 4.70. The number of H-pyrrole nitrogens is 1. The number of hydrogen-bond acceptors (Lipinski definition) is 3. The molecule has 19 heavy (non-hydrogen) atoms. The van der Waals surface area contributed by atoms with Crippen molar-refractivity contribution in [2.75, 3.05) is 5.84 Å². The third-order valence-corrected chi connectivity index (χ3v) is 3.24. The lowest BCUT2D eigenvalue weighted by Crippen LogP contribution is -2.09. The Bertz CT molecular complexity index is 741. The number of nitrogen functional groups attached to an aromatic ring is 1. The van der Waals surface area contributed by atoms with Crippen molar-refractivity contribution in [1.82, 2.24) is 14.9 Å². The summed E-state index contributed by atoms with van der Waals surface area (Å²) in [5.74, 6) is 6.43. The highest BCUT2D eigenvalue weighted by Gasteiger charge is 2.06. The smallest absolute Gasteiger partial charge is 0.214 e. The molecule has 0 spiro atoms. The Balaban J connectivity index is 2.00. The minimum Gasteiger partial charge on any atom is -0.335 e. The minimum atomic E-state index is 0.405. The maximum absolute atomic E-state index is 5.80. The Kier molecular flexibility index (Phi) is 2.89. The van der Waals surface area contributed by atoms with E-state index >= 15 is 0 Å². The van der Waals surface area contributed by atoms with Crippen molar-refractivity contribution in [2.24, 2.45) is 0 Å². The highest BCUT2D eigenvalue weighted by atomic mass is 32.1. The van der Waals surface area contributed by atoms with Gasteiger partial charge in [-0.05, 0) is 23.3 Å². The first-order chi connectivity index (χ1) is 9.25. The number of hydrogen-bond donors (Lipinski definition) is 2. The van der Waals surface area contributed by atoms with Crippen LogP contribution in [0.15, 0.2) is 54.6 Å². The molecule has 0 fully saturated rings. The number of nitrogens with one attached hydrogen (secondary N) is 1. The van der Waals surface area contributed by atoms with Crippen molar-refractivity contribution in [3.63, 3.8) is 0 Å². The molecule has 0 unspecified atom stereocenters. The van der Waals surface area contributed by atoms with Crippen LogP contribution in [-0.2, 0) is 0 Å². The van der Waals surface area contributed by atoms with Gasteiger partial charge in [0.05, 0.1) is 0 Å². The van der Waals surface area contributed by atoms with Gasteiger partial charge in [0.15, 0.2) is 5.82 Å². The van der Waals surface area contributed by atoms with E-state index in [1.807, 2.05) is 42.5 Å². The fourth-order valence-corrected chi connectivity index (χ4v) is 2.08. The van der Waals surface area contributed by atoms with E-state index in [0.717, 1.165) is 11.1 Å². The van der Waals surface area contributed by atoms with Crippen LogP contribution in [0.4, 0.5) is 0 Å². The molecular formula is C14H12N4S. The number of nitrogens with zero attached hydrogens (tertiary/aromatic N) is 2. The van der Waals surface area contributed by atoms with Gasteiger partial charge in [-0.3, -0.25) is 0 Å². The zero-order valence-electron chi connectivity index (χ0n) is 10.1. The third-order valence-electron chi connectivity index (χ3n) is 2.95. The number of benzene rings is 2. The Morgan fingerprint density at radius 3 is 2.05 bits per heavy atom. The number of aromatic amines is 1. The predicted octanol–water partition coefficient (Wildman–Crippen LogP) is 2.99. The average Bonchev–Trinajstić information content (AvgIpc) is 2.80. The molecule has 0 amide bonds. The SMILES string of the molecule is Nn1c(-c2ccc(-c3ccccc3)cc2)n[nH]c1=S. The topological polar surface area (TPSA) is 59.6 Å². The molecule has 0 aliphatic carbocycles. The summed E-state index contributed by atoms with van der Waals surface area (Å²) >= 11 is 5.00. The van der Waals surface area contributed by atoms with Crippen LogP contribution >= 0.6 is 12.2 Å². The molecule has 0 aliphatic rings. The summed E-state index contributed by atoms with van der Waals surface area (Å²) in [6.07, 6.45) is 0. The van der Waals surface area contributed by atoms with Crippen LogP contribution in [0.2, 0.25) is 0 Å². The van der Waals surface area contributed by atoms with Crippen molar-refractivity contribution in [1.29, 1.82) is 0 Å². The van der Waals surface area contributed by atoms with E-state index in [1.54, 1.807) is 0 Å². The average molecular weight is 268 g/mol. The largest absolute Gasteiger partial charge is 0.335 e. The van der Waals surface area contributed by atoms with Gasteiger partial charge in [0.25, 0.3) is 0 Å². The Hall–Kier alpha value is -2.40. The van der Waals surface area contributed by atoms with E-state index in [0.29, 0.717) is 10.6 Å². The molecule has 4 nitrogen and oxygen atoms in total. The molecule has 5 heteroatoms. The van der Waals surface area contributed by atoms with E-state index in [-0.39, 0.29) is 0 Å². The highest BCUT2D eigenvalue weighted by Crippen LogP contribution is 2.22. The standard InChI is InChI=1S/C14H12N4S/c15-18-13(16-17-14(18)19)12-8-6-11(7-9-12)10-4-2-1-3-5-10/h1-9H,15H2,(H,17,19). The van der Waals surface area contributed by atoms with Crippen LogP contribution < -0.4 is 5.84 Å². The summed E-state index contributed by atoms with van der Waals surface area (Å²) in [5, 5.41) is 6.78. The second-order valence-corrected chi connectivity index (χ2v) is 4.55. The van der Waals surface area contributed by atoms with Crippen molar-refractivity contribution in [3.8, 4) is 22.5 Å². The fraction of sp³-hybridized carbons (Fsp3) is 0. The summed E-state index contributed by atoms with van der Waals surface area (Å²) < 4.78 is 1.77. The Labute approximate surface area is 115 Å². The van der Waals surface area contributed by atoms with Crippen molar-refractivity contribution in [3.05, 3.63) is 59.4 Å². The summed E-state index contributed by atoms with van der Waals surface area (Å²) in [4.78, 5) is 0. The van der Waals surface area contributed by atoms with Gasteiger partial charge in [0.2, 0.25) is 4.77 Å². The molecular weight excluding hydrogens is 256 g/mol.